The van der Waals surface area contributed by atoms with Gasteiger partial charge in [-0.15, -0.1) is 0 Å². The average molecular weight is 266 g/mol. The van der Waals surface area contributed by atoms with Crippen LogP contribution in [-0.2, 0) is 12.6 Å². The minimum atomic E-state index is -4.90. The first-order valence-electron chi connectivity index (χ1n) is 4.61. The molecule has 8 heteroatoms. The smallest absolute Gasteiger partial charge is 0.433 e. The second kappa shape index (κ2) is 5.16. The topological polar surface area (TPSA) is 45.9 Å². The number of hydrogen-bond acceptors (Lipinski definition) is 3. The van der Waals surface area contributed by atoms with E-state index in [1.54, 1.807) is 0 Å². The number of pyridine rings is 1. The van der Waals surface area contributed by atoms with E-state index in [0.29, 0.717) is 6.20 Å². The predicted octanol–water partition coefficient (Wildman–Crippen LogP) is 3.11. The van der Waals surface area contributed by atoms with Crippen molar-refractivity contribution in [1.82, 2.24) is 4.98 Å². The van der Waals surface area contributed by atoms with Crippen LogP contribution in [0.1, 0.15) is 23.2 Å². The highest BCUT2D eigenvalue weighted by molar-refractivity contribution is 5.44. The average Bonchev–Trinajstić information content (AvgIpc) is 2.26. The normalized spacial score (nSPS) is 11.4. The van der Waals surface area contributed by atoms with E-state index >= 15 is 0 Å². The quantitative estimate of drug-likeness (QED) is 0.789. The zero-order valence-electron chi connectivity index (χ0n) is 9.05. The zero-order chi connectivity index (χ0) is 13.9. The summed E-state index contributed by atoms with van der Waals surface area (Å²) in [6.07, 6.45) is -8.33. The van der Waals surface area contributed by atoms with Gasteiger partial charge in [0.2, 0.25) is 0 Å². The van der Waals surface area contributed by atoms with Gasteiger partial charge >= 0.3 is 6.18 Å². The fourth-order valence-corrected chi connectivity index (χ4v) is 1.45. The first kappa shape index (κ1) is 14.2. The van der Waals surface area contributed by atoms with Gasteiger partial charge in [-0.25, -0.2) is 13.8 Å². The van der Waals surface area contributed by atoms with Crippen molar-refractivity contribution in [2.75, 3.05) is 7.11 Å². The van der Waals surface area contributed by atoms with Gasteiger partial charge in [-0.2, -0.15) is 18.4 Å². The van der Waals surface area contributed by atoms with Crippen LogP contribution in [0.3, 0.4) is 0 Å². The lowest BCUT2D eigenvalue weighted by Gasteiger charge is -2.16. The number of nitrogens with zero attached hydrogens (tertiary/aromatic N) is 2. The molecule has 0 aliphatic heterocycles. The van der Waals surface area contributed by atoms with Crippen LogP contribution in [0.4, 0.5) is 22.0 Å². The predicted molar refractivity (Wildman–Crippen MR) is 50.1 cm³/mol. The second-order valence-corrected chi connectivity index (χ2v) is 3.20. The molecule has 0 saturated carbocycles. The van der Waals surface area contributed by atoms with Gasteiger partial charge in [0.05, 0.1) is 31.4 Å². The van der Waals surface area contributed by atoms with Gasteiger partial charge in [-0.05, 0) is 0 Å². The van der Waals surface area contributed by atoms with Crippen LogP contribution in [0.5, 0.6) is 5.75 Å². The number of methoxy groups -OCH3 is 1. The Morgan fingerprint density at radius 3 is 2.44 bits per heavy atom. The maximum atomic E-state index is 12.8. The molecule has 0 unspecified atom stereocenters. The summed E-state index contributed by atoms with van der Waals surface area (Å²) in [7, 11) is 1.03. The van der Waals surface area contributed by atoms with E-state index in [4.69, 9.17) is 5.26 Å². The van der Waals surface area contributed by atoms with E-state index in [-0.39, 0.29) is 0 Å². The summed E-state index contributed by atoms with van der Waals surface area (Å²) in [5, 5.41) is 8.45. The molecule has 0 aliphatic rings. The Morgan fingerprint density at radius 2 is 2.06 bits per heavy atom. The molecule has 0 amide bonds. The third kappa shape index (κ3) is 2.67. The summed E-state index contributed by atoms with van der Waals surface area (Å²) >= 11 is 0. The SMILES string of the molecule is COc1cnc(C(F)(F)F)c(CC#N)c1C(F)F. The van der Waals surface area contributed by atoms with E-state index < -0.39 is 41.6 Å². The molecule has 18 heavy (non-hydrogen) atoms. The monoisotopic (exact) mass is 266 g/mol. The molecule has 0 aromatic carbocycles. The van der Waals surface area contributed by atoms with E-state index in [2.05, 4.69) is 9.72 Å². The fraction of sp³-hybridized carbons (Fsp3) is 0.400. The first-order valence-corrected chi connectivity index (χ1v) is 4.61. The summed E-state index contributed by atoms with van der Waals surface area (Å²) in [5.41, 5.74) is -3.28. The minimum Gasteiger partial charge on any atom is -0.495 e. The van der Waals surface area contributed by atoms with E-state index in [1.807, 2.05) is 0 Å². The first-order chi connectivity index (χ1) is 8.32. The molecule has 1 heterocycles. The summed E-state index contributed by atoms with van der Waals surface area (Å²) in [6.45, 7) is 0. The number of ether oxygens (including phenoxy) is 1. The third-order valence-electron chi connectivity index (χ3n) is 2.15. The molecule has 0 radical (unpaired) electrons. The molecule has 1 aromatic heterocycles. The van der Waals surface area contributed by atoms with Crippen LogP contribution in [0.15, 0.2) is 6.20 Å². The number of rotatable bonds is 3. The molecule has 1 aromatic rings. The lowest BCUT2D eigenvalue weighted by molar-refractivity contribution is -0.141. The van der Waals surface area contributed by atoms with Gasteiger partial charge < -0.3 is 4.74 Å². The maximum Gasteiger partial charge on any atom is 0.433 e. The van der Waals surface area contributed by atoms with Gasteiger partial charge in [-0.1, -0.05) is 0 Å². The van der Waals surface area contributed by atoms with Crippen molar-refractivity contribution in [2.24, 2.45) is 0 Å². The zero-order valence-corrected chi connectivity index (χ0v) is 9.05. The van der Waals surface area contributed by atoms with Crippen molar-refractivity contribution in [2.45, 2.75) is 19.0 Å². The third-order valence-corrected chi connectivity index (χ3v) is 2.15. The van der Waals surface area contributed by atoms with Gasteiger partial charge in [0.1, 0.15) is 11.4 Å². The molecule has 3 nitrogen and oxygen atoms in total. The highest BCUT2D eigenvalue weighted by atomic mass is 19.4. The molecule has 0 fully saturated rings. The van der Waals surface area contributed by atoms with E-state index in [1.165, 1.54) is 6.07 Å². The van der Waals surface area contributed by atoms with Crippen LogP contribution in [0.2, 0.25) is 0 Å². The number of nitriles is 1. The van der Waals surface area contributed by atoms with Crippen molar-refractivity contribution in [1.29, 1.82) is 5.26 Å². The molecule has 0 atom stereocenters. The summed E-state index contributed by atoms with van der Waals surface area (Å²) in [4.78, 5) is 3.05. The molecule has 0 spiro atoms. The van der Waals surface area contributed by atoms with Gasteiger partial charge in [0.25, 0.3) is 6.43 Å². The van der Waals surface area contributed by atoms with Crippen molar-refractivity contribution in [3.8, 4) is 11.8 Å². The highest BCUT2D eigenvalue weighted by Gasteiger charge is 2.38. The van der Waals surface area contributed by atoms with E-state index in [9.17, 15) is 22.0 Å². The highest BCUT2D eigenvalue weighted by Crippen LogP contribution is 2.39. The molecule has 0 N–H and O–H groups in total. The van der Waals surface area contributed by atoms with Gasteiger partial charge in [0.15, 0.2) is 0 Å². The van der Waals surface area contributed by atoms with Crippen molar-refractivity contribution in [3.05, 3.63) is 23.0 Å². The number of hydrogen-bond donors (Lipinski definition) is 0. The van der Waals surface area contributed by atoms with Crippen LogP contribution < -0.4 is 4.74 Å². The second-order valence-electron chi connectivity index (χ2n) is 3.20. The van der Waals surface area contributed by atoms with E-state index in [0.717, 1.165) is 7.11 Å². The maximum absolute atomic E-state index is 12.8. The van der Waals surface area contributed by atoms with Gasteiger partial charge in [0, 0.05) is 5.56 Å². The summed E-state index contributed by atoms with van der Waals surface area (Å²) in [6, 6.07) is 1.41. The number of alkyl halides is 5. The molecule has 0 bridgehead atoms. The van der Waals surface area contributed by atoms with Crippen LogP contribution >= 0.6 is 0 Å². The number of halogens is 5. The van der Waals surface area contributed by atoms with Crippen molar-refractivity contribution >= 4 is 0 Å². The summed E-state index contributed by atoms with van der Waals surface area (Å²) in [5.74, 6) is -0.469. The molecule has 0 aliphatic carbocycles. The van der Waals surface area contributed by atoms with Crippen LogP contribution in [0.25, 0.3) is 0 Å². The Balaban J connectivity index is 3.58. The Bertz CT molecular complexity index is 478. The molecule has 0 saturated heterocycles. The lowest BCUT2D eigenvalue weighted by atomic mass is 10.0. The van der Waals surface area contributed by atoms with Gasteiger partial charge in [-0.3, -0.25) is 0 Å². The van der Waals surface area contributed by atoms with Crippen molar-refractivity contribution < 1.29 is 26.7 Å². The van der Waals surface area contributed by atoms with Crippen LogP contribution in [0, 0.1) is 11.3 Å². The lowest BCUT2D eigenvalue weighted by Crippen LogP contribution is -2.15. The Hall–Kier alpha value is -1.91. The Labute approximate surface area is 98.8 Å². The molecule has 98 valence electrons. The number of aromatic nitrogens is 1. The Morgan fingerprint density at radius 1 is 1.44 bits per heavy atom. The largest absolute Gasteiger partial charge is 0.495 e. The van der Waals surface area contributed by atoms with Crippen LogP contribution in [-0.4, -0.2) is 12.1 Å². The van der Waals surface area contributed by atoms with Crippen molar-refractivity contribution in [3.63, 3.8) is 0 Å². The summed E-state index contributed by atoms with van der Waals surface area (Å²) < 4.78 is 67.9. The molecular weight excluding hydrogens is 259 g/mol. The molecular formula is C10H7F5N2O. The minimum absolute atomic E-state index is 0.469. The molecule has 1 rings (SSSR count). The standard InChI is InChI=1S/C10H7F5N2O/c1-18-6-4-17-8(10(13,14)15)5(2-3-16)7(6)9(11)12/h4,9H,2H2,1H3. The Kier molecular flexibility index (Phi) is 4.06. The fourth-order valence-electron chi connectivity index (χ4n) is 1.45.